The van der Waals surface area contributed by atoms with E-state index in [-0.39, 0.29) is 0 Å². The number of hydrogen-bond acceptors (Lipinski definition) is 3. The summed E-state index contributed by atoms with van der Waals surface area (Å²) < 4.78 is 0. The van der Waals surface area contributed by atoms with Crippen molar-refractivity contribution in [3.8, 4) is 0 Å². The Kier molecular flexibility index (Phi) is 3.91. The second-order valence-corrected chi connectivity index (χ2v) is 4.72. The van der Waals surface area contributed by atoms with Gasteiger partial charge in [-0.1, -0.05) is 0 Å². The summed E-state index contributed by atoms with van der Waals surface area (Å²) in [6, 6.07) is 2.79. The van der Waals surface area contributed by atoms with Crippen LogP contribution >= 0.6 is 0 Å². The van der Waals surface area contributed by atoms with Gasteiger partial charge >= 0.3 is 0 Å². The van der Waals surface area contributed by atoms with E-state index in [1.807, 2.05) is 12.4 Å². The lowest BCUT2D eigenvalue weighted by atomic mass is 10.1. The molecule has 1 N–H and O–H groups in total. The predicted molar refractivity (Wildman–Crippen MR) is 66.3 cm³/mol. The largest absolute Gasteiger partial charge is 0.313 e. The Balaban J connectivity index is 1.96. The van der Waals surface area contributed by atoms with Gasteiger partial charge in [0.15, 0.2) is 0 Å². The minimum atomic E-state index is 0.656. The van der Waals surface area contributed by atoms with Crippen molar-refractivity contribution < 1.29 is 0 Å². The van der Waals surface area contributed by atoms with E-state index in [4.69, 9.17) is 0 Å². The summed E-state index contributed by atoms with van der Waals surface area (Å²) in [7, 11) is 0. The Morgan fingerprint density at radius 1 is 1.50 bits per heavy atom. The van der Waals surface area contributed by atoms with Gasteiger partial charge < -0.3 is 5.32 Å². The second kappa shape index (κ2) is 5.41. The molecule has 3 nitrogen and oxygen atoms in total. The van der Waals surface area contributed by atoms with Gasteiger partial charge in [0.1, 0.15) is 0 Å². The van der Waals surface area contributed by atoms with E-state index in [0.29, 0.717) is 6.04 Å². The van der Waals surface area contributed by atoms with E-state index in [1.54, 1.807) is 0 Å². The fourth-order valence-electron chi connectivity index (χ4n) is 2.14. The summed E-state index contributed by atoms with van der Waals surface area (Å²) in [5.74, 6) is 0. The molecular weight excluding hydrogens is 198 g/mol. The van der Waals surface area contributed by atoms with E-state index in [2.05, 4.69) is 35.1 Å². The molecule has 1 aliphatic rings. The van der Waals surface area contributed by atoms with Crippen molar-refractivity contribution in [1.82, 2.24) is 15.2 Å². The molecule has 1 unspecified atom stereocenters. The molecule has 1 atom stereocenters. The number of aryl methyl sites for hydroxylation is 1. The lowest BCUT2D eigenvalue weighted by Crippen LogP contribution is -2.29. The molecule has 2 heterocycles. The zero-order valence-corrected chi connectivity index (χ0v) is 10.2. The number of aromatic nitrogens is 1. The van der Waals surface area contributed by atoms with Crippen LogP contribution in [0.3, 0.4) is 0 Å². The minimum Gasteiger partial charge on any atom is -0.313 e. The van der Waals surface area contributed by atoms with E-state index in [9.17, 15) is 0 Å². The molecule has 1 saturated heterocycles. The molecule has 1 fully saturated rings. The SMILES string of the molecule is Cc1cnccc1CN1CCNC(C)CC1. The summed E-state index contributed by atoms with van der Waals surface area (Å²) >= 11 is 0. The molecule has 0 aromatic carbocycles. The topological polar surface area (TPSA) is 28.2 Å². The normalized spacial score (nSPS) is 23.0. The maximum absolute atomic E-state index is 4.14. The quantitative estimate of drug-likeness (QED) is 0.818. The summed E-state index contributed by atoms with van der Waals surface area (Å²) in [6.07, 6.45) is 5.08. The van der Waals surface area contributed by atoms with Crippen LogP contribution in [0.25, 0.3) is 0 Å². The van der Waals surface area contributed by atoms with Crippen LogP contribution in [0.4, 0.5) is 0 Å². The van der Waals surface area contributed by atoms with Gasteiger partial charge in [0, 0.05) is 44.6 Å². The maximum Gasteiger partial charge on any atom is 0.0300 e. The van der Waals surface area contributed by atoms with Gasteiger partial charge in [0.2, 0.25) is 0 Å². The highest BCUT2D eigenvalue weighted by Gasteiger charge is 2.13. The first-order valence-electron chi connectivity index (χ1n) is 6.11. The molecule has 0 radical (unpaired) electrons. The summed E-state index contributed by atoms with van der Waals surface area (Å²) in [5.41, 5.74) is 2.71. The highest BCUT2D eigenvalue weighted by molar-refractivity contribution is 5.21. The number of nitrogens with one attached hydrogen (secondary N) is 1. The molecule has 1 aromatic heterocycles. The average molecular weight is 219 g/mol. The number of hydrogen-bond donors (Lipinski definition) is 1. The molecule has 0 aliphatic carbocycles. The molecule has 88 valence electrons. The molecule has 0 spiro atoms. The second-order valence-electron chi connectivity index (χ2n) is 4.72. The van der Waals surface area contributed by atoms with Crippen molar-refractivity contribution in [2.75, 3.05) is 19.6 Å². The highest BCUT2D eigenvalue weighted by atomic mass is 15.2. The first-order valence-corrected chi connectivity index (χ1v) is 6.11. The average Bonchev–Trinajstić information content (AvgIpc) is 2.47. The fraction of sp³-hybridized carbons (Fsp3) is 0.615. The van der Waals surface area contributed by atoms with E-state index >= 15 is 0 Å². The van der Waals surface area contributed by atoms with Gasteiger partial charge in [0.25, 0.3) is 0 Å². The number of nitrogens with zero attached hydrogens (tertiary/aromatic N) is 2. The van der Waals surface area contributed by atoms with Crippen LogP contribution in [0.5, 0.6) is 0 Å². The molecular formula is C13H21N3. The zero-order valence-electron chi connectivity index (χ0n) is 10.2. The van der Waals surface area contributed by atoms with Crippen molar-refractivity contribution in [3.63, 3.8) is 0 Å². The standard InChI is InChI=1S/C13H21N3/c1-11-9-14-5-3-13(11)10-16-7-4-12(2)15-6-8-16/h3,5,9,12,15H,4,6-8,10H2,1-2H3. The van der Waals surface area contributed by atoms with Gasteiger partial charge in [-0.25, -0.2) is 0 Å². The Morgan fingerprint density at radius 2 is 2.38 bits per heavy atom. The van der Waals surface area contributed by atoms with Gasteiger partial charge in [-0.3, -0.25) is 9.88 Å². The van der Waals surface area contributed by atoms with Crippen LogP contribution < -0.4 is 5.32 Å². The molecule has 3 heteroatoms. The summed E-state index contributed by atoms with van der Waals surface area (Å²) in [4.78, 5) is 6.66. The Hall–Kier alpha value is -0.930. The zero-order chi connectivity index (χ0) is 11.4. The fourth-order valence-corrected chi connectivity index (χ4v) is 2.14. The van der Waals surface area contributed by atoms with Crippen molar-refractivity contribution in [2.45, 2.75) is 32.9 Å². The summed E-state index contributed by atoms with van der Waals surface area (Å²) in [5, 5.41) is 3.52. The lowest BCUT2D eigenvalue weighted by Gasteiger charge is -2.20. The summed E-state index contributed by atoms with van der Waals surface area (Å²) in [6.45, 7) is 8.90. The van der Waals surface area contributed by atoms with E-state index in [1.165, 1.54) is 24.1 Å². The number of pyridine rings is 1. The first kappa shape index (κ1) is 11.6. The molecule has 0 saturated carbocycles. The van der Waals surface area contributed by atoms with E-state index < -0.39 is 0 Å². The smallest absolute Gasteiger partial charge is 0.0300 e. The third-order valence-electron chi connectivity index (χ3n) is 3.33. The van der Waals surface area contributed by atoms with Gasteiger partial charge in [0.05, 0.1) is 0 Å². The highest BCUT2D eigenvalue weighted by Crippen LogP contribution is 2.11. The Labute approximate surface area is 97.9 Å². The molecule has 16 heavy (non-hydrogen) atoms. The van der Waals surface area contributed by atoms with Crippen molar-refractivity contribution >= 4 is 0 Å². The minimum absolute atomic E-state index is 0.656. The van der Waals surface area contributed by atoms with Crippen LogP contribution in [0.1, 0.15) is 24.5 Å². The van der Waals surface area contributed by atoms with Crippen molar-refractivity contribution in [2.24, 2.45) is 0 Å². The van der Waals surface area contributed by atoms with Crippen LogP contribution in [-0.4, -0.2) is 35.6 Å². The number of rotatable bonds is 2. The Bertz CT molecular complexity index is 338. The Morgan fingerprint density at radius 3 is 3.19 bits per heavy atom. The molecule has 0 amide bonds. The maximum atomic E-state index is 4.14. The monoisotopic (exact) mass is 219 g/mol. The van der Waals surface area contributed by atoms with Crippen molar-refractivity contribution in [3.05, 3.63) is 29.6 Å². The van der Waals surface area contributed by atoms with Gasteiger partial charge in [-0.05, 0) is 37.5 Å². The predicted octanol–water partition coefficient (Wildman–Crippen LogP) is 1.57. The molecule has 0 bridgehead atoms. The third kappa shape index (κ3) is 3.03. The first-order chi connectivity index (χ1) is 7.75. The van der Waals surface area contributed by atoms with Crippen LogP contribution in [0, 0.1) is 6.92 Å². The molecule has 1 aliphatic heterocycles. The molecule has 2 rings (SSSR count). The lowest BCUT2D eigenvalue weighted by molar-refractivity contribution is 0.282. The molecule has 1 aromatic rings. The van der Waals surface area contributed by atoms with Crippen LogP contribution in [0.2, 0.25) is 0 Å². The van der Waals surface area contributed by atoms with Crippen LogP contribution in [-0.2, 0) is 6.54 Å². The van der Waals surface area contributed by atoms with Gasteiger partial charge in [-0.15, -0.1) is 0 Å². The third-order valence-corrected chi connectivity index (χ3v) is 3.33. The van der Waals surface area contributed by atoms with Gasteiger partial charge in [-0.2, -0.15) is 0 Å². The van der Waals surface area contributed by atoms with Crippen LogP contribution in [0.15, 0.2) is 18.5 Å². The van der Waals surface area contributed by atoms with Crippen molar-refractivity contribution in [1.29, 1.82) is 0 Å². The van der Waals surface area contributed by atoms with E-state index in [0.717, 1.165) is 19.6 Å².